The average molecular weight is 346 g/mol. The Kier molecular flexibility index (Phi) is 3.11. The van der Waals surface area contributed by atoms with E-state index in [1.165, 1.54) is 0 Å². The van der Waals surface area contributed by atoms with E-state index in [0.717, 1.165) is 5.39 Å². The van der Waals surface area contributed by atoms with Crippen LogP contribution in [0.5, 0.6) is 0 Å². The summed E-state index contributed by atoms with van der Waals surface area (Å²) in [5.74, 6) is -0.580. The minimum atomic E-state index is -1.02. The van der Waals surface area contributed by atoms with Crippen molar-refractivity contribution < 1.29 is 14.3 Å². The van der Waals surface area contributed by atoms with Gasteiger partial charge in [0.2, 0.25) is 0 Å². The first-order valence-electron chi connectivity index (χ1n) is 6.76. The van der Waals surface area contributed by atoms with E-state index in [2.05, 4.69) is 0 Å². The highest BCUT2D eigenvalue weighted by Crippen LogP contribution is 2.37. The minimum absolute atomic E-state index is 0.187. The number of hydrogen-bond acceptors (Lipinski definition) is 2. The van der Waals surface area contributed by atoms with Gasteiger partial charge in [-0.05, 0) is 30.3 Å². The number of carbonyl (C=O) groups is 1. The highest BCUT2D eigenvalue weighted by molar-refractivity contribution is 6.38. The van der Waals surface area contributed by atoms with Crippen LogP contribution in [0.1, 0.15) is 10.4 Å². The molecule has 3 aromatic heterocycles. The van der Waals surface area contributed by atoms with Crippen molar-refractivity contribution in [1.82, 2.24) is 4.40 Å². The van der Waals surface area contributed by atoms with Crippen LogP contribution in [0.4, 0.5) is 0 Å². The molecule has 0 saturated carbocycles. The van der Waals surface area contributed by atoms with E-state index < -0.39 is 5.97 Å². The van der Waals surface area contributed by atoms with Gasteiger partial charge in [-0.3, -0.25) is 0 Å². The van der Waals surface area contributed by atoms with E-state index >= 15 is 0 Å². The number of rotatable bonds is 2. The maximum Gasteiger partial charge on any atom is 0.338 e. The second-order valence-corrected chi connectivity index (χ2v) is 5.98. The zero-order valence-electron chi connectivity index (χ0n) is 11.6. The molecule has 0 amide bonds. The average Bonchev–Trinajstić information content (AvgIpc) is 3.07. The van der Waals surface area contributed by atoms with Gasteiger partial charge in [-0.2, -0.15) is 0 Å². The van der Waals surface area contributed by atoms with Crippen LogP contribution in [-0.2, 0) is 0 Å². The monoisotopic (exact) mass is 345 g/mol. The Balaban J connectivity index is 2.04. The number of carboxylic acids is 1. The Hall–Kier alpha value is -2.43. The van der Waals surface area contributed by atoms with Crippen LogP contribution in [0.25, 0.3) is 27.8 Å². The molecule has 0 aliphatic heterocycles. The smallest absolute Gasteiger partial charge is 0.338 e. The van der Waals surface area contributed by atoms with Gasteiger partial charge in [0.1, 0.15) is 5.76 Å². The molecule has 114 valence electrons. The second-order valence-electron chi connectivity index (χ2n) is 5.13. The minimum Gasteiger partial charge on any atom is -0.478 e. The van der Waals surface area contributed by atoms with Crippen molar-refractivity contribution in [3.8, 4) is 11.3 Å². The number of nitrogens with zero attached hydrogens (tertiary/aromatic N) is 1. The summed E-state index contributed by atoms with van der Waals surface area (Å²) in [6, 6.07) is 10.4. The number of fused-ring (bicyclic) bond motifs is 2. The van der Waals surface area contributed by atoms with Crippen LogP contribution >= 0.6 is 23.2 Å². The van der Waals surface area contributed by atoms with Crippen molar-refractivity contribution in [2.75, 3.05) is 0 Å². The first kappa shape index (κ1) is 14.2. The topological polar surface area (TPSA) is 54.8 Å². The number of halogens is 2. The van der Waals surface area contributed by atoms with Crippen molar-refractivity contribution in [2.24, 2.45) is 0 Å². The molecule has 3 heterocycles. The molecule has 6 heteroatoms. The molecule has 0 unspecified atom stereocenters. The summed E-state index contributed by atoms with van der Waals surface area (Å²) in [6.07, 6.45) is 3.52. The maximum absolute atomic E-state index is 11.7. The third-order valence-corrected chi connectivity index (χ3v) is 4.20. The standard InChI is InChI=1S/C17H9Cl2NO3/c18-10-5-9-6-14(23-16(9)12(19)7-10)11-8-20-4-2-1-3-13(20)15(11)17(21)22/h1-8H,(H,21,22). The molecule has 0 radical (unpaired) electrons. The fraction of sp³-hybridized carbons (Fsp3) is 0. The van der Waals surface area contributed by atoms with Gasteiger partial charge in [0.05, 0.1) is 21.7 Å². The molecule has 0 aliphatic rings. The SMILES string of the molecule is O=C(O)c1c(-c2cc3cc(Cl)cc(Cl)c3o2)cn2ccccc12. The molecule has 4 aromatic rings. The van der Waals surface area contributed by atoms with E-state index in [4.69, 9.17) is 27.6 Å². The Morgan fingerprint density at radius 3 is 2.78 bits per heavy atom. The number of aromatic nitrogens is 1. The van der Waals surface area contributed by atoms with Crippen molar-refractivity contribution in [1.29, 1.82) is 0 Å². The molecule has 4 rings (SSSR count). The predicted molar refractivity (Wildman–Crippen MR) is 89.6 cm³/mol. The predicted octanol–water partition coefficient (Wildman–Crippen LogP) is 5.36. The lowest BCUT2D eigenvalue weighted by Crippen LogP contribution is -1.97. The molecule has 4 nitrogen and oxygen atoms in total. The summed E-state index contributed by atoms with van der Waals surface area (Å²) < 4.78 is 7.54. The molecule has 0 atom stereocenters. The van der Waals surface area contributed by atoms with Crippen molar-refractivity contribution in [3.05, 3.63) is 64.4 Å². The highest BCUT2D eigenvalue weighted by Gasteiger charge is 2.21. The summed E-state index contributed by atoms with van der Waals surface area (Å²) in [5.41, 5.74) is 1.76. The number of benzene rings is 1. The third-order valence-electron chi connectivity index (χ3n) is 3.70. The maximum atomic E-state index is 11.7. The van der Waals surface area contributed by atoms with Crippen molar-refractivity contribution in [3.63, 3.8) is 0 Å². The Morgan fingerprint density at radius 2 is 2.00 bits per heavy atom. The Morgan fingerprint density at radius 1 is 1.17 bits per heavy atom. The molecule has 0 saturated heterocycles. The number of pyridine rings is 1. The Labute approximate surface area is 140 Å². The number of aromatic carboxylic acids is 1. The van der Waals surface area contributed by atoms with Gasteiger partial charge in [0, 0.05) is 22.8 Å². The van der Waals surface area contributed by atoms with Crippen molar-refractivity contribution >= 4 is 45.7 Å². The second kappa shape index (κ2) is 5.05. The van der Waals surface area contributed by atoms with Crippen LogP contribution in [0.2, 0.25) is 10.0 Å². The first-order valence-corrected chi connectivity index (χ1v) is 7.52. The van der Waals surface area contributed by atoms with Crippen molar-refractivity contribution in [2.45, 2.75) is 0 Å². The lowest BCUT2D eigenvalue weighted by Gasteiger charge is -1.96. The normalized spacial score (nSPS) is 11.4. The molecule has 0 spiro atoms. The molecular formula is C17H9Cl2NO3. The largest absolute Gasteiger partial charge is 0.478 e. The van der Waals surface area contributed by atoms with Crippen LogP contribution in [0.15, 0.2) is 53.2 Å². The van der Waals surface area contributed by atoms with Crippen LogP contribution < -0.4 is 0 Å². The first-order chi connectivity index (χ1) is 11.0. The Bertz CT molecular complexity index is 1080. The number of furan rings is 1. The molecular weight excluding hydrogens is 337 g/mol. The molecule has 1 aromatic carbocycles. The van der Waals surface area contributed by atoms with Gasteiger partial charge in [0.25, 0.3) is 0 Å². The number of hydrogen-bond donors (Lipinski definition) is 1. The zero-order chi connectivity index (χ0) is 16.1. The van der Waals surface area contributed by atoms with E-state index in [-0.39, 0.29) is 5.56 Å². The van der Waals surface area contributed by atoms with Crippen LogP contribution in [0.3, 0.4) is 0 Å². The van der Waals surface area contributed by atoms with E-state index in [9.17, 15) is 9.90 Å². The van der Waals surface area contributed by atoms with Gasteiger partial charge in [-0.15, -0.1) is 0 Å². The molecule has 0 bridgehead atoms. The molecule has 23 heavy (non-hydrogen) atoms. The van der Waals surface area contributed by atoms with Gasteiger partial charge in [-0.1, -0.05) is 29.3 Å². The van der Waals surface area contributed by atoms with Crippen LogP contribution in [-0.4, -0.2) is 15.5 Å². The molecule has 1 N–H and O–H groups in total. The van der Waals surface area contributed by atoms with Gasteiger partial charge < -0.3 is 13.9 Å². The molecule has 0 fully saturated rings. The van der Waals surface area contributed by atoms with Gasteiger partial charge in [0.15, 0.2) is 5.58 Å². The van der Waals surface area contributed by atoms with Crippen LogP contribution in [0, 0.1) is 0 Å². The lowest BCUT2D eigenvalue weighted by molar-refractivity contribution is 0.0699. The molecule has 0 aliphatic carbocycles. The van der Waals surface area contributed by atoms with Gasteiger partial charge in [-0.25, -0.2) is 4.79 Å². The number of carboxylic acid groups (broad SMARTS) is 1. The van der Waals surface area contributed by atoms with E-state index in [0.29, 0.717) is 32.5 Å². The van der Waals surface area contributed by atoms with E-state index in [1.807, 2.05) is 6.07 Å². The summed E-state index contributed by atoms with van der Waals surface area (Å²) in [7, 11) is 0. The third kappa shape index (κ3) is 2.19. The zero-order valence-corrected chi connectivity index (χ0v) is 13.1. The summed E-state index contributed by atoms with van der Waals surface area (Å²) in [5, 5.41) is 11.2. The fourth-order valence-corrected chi connectivity index (χ4v) is 3.29. The highest BCUT2D eigenvalue weighted by atomic mass is 35.5. The summed E-state index contributed by atoms with van der Waals surface area (Å²) >= 11 is 12.1. The fourth-order valence-electron chi connectivity index (χ4n) is 2.74. The summed E-state index contributed by atoms with van der Waals surface area (Å²) in [4.78, 5) is 11.7. The van der Waals surface area contributed by atoms with Gasteiger partial charge >= 0.3 is 5.97 Å². The van der Waals surface area contributed by atoms with E-state index in [1.54, 1.807) is 47.1 Å². The summed E-state index contributed by atoms with van der Waals surface area (Å²) in [6.45, 7) is 0. The quantitative estimate of drug-likeness (QED) is 0.532. The lowest BCUT2D eigenvalue weighted by atomic mass is 10.1.